The van der Waals surface area contributed by atoms with Crippen LogP contribution in [0, 0.1) is 0 Å². The molecule has 9 nitrogen and oxygen atoms in total. The van der Waals surface area contributed by atoms with Crippen molar-refractivity contribution < 1.29 is 29.0 Å². The highest BCUT2D eigenvalue weighted by atomic mass is 32.1. The predicted octanol–water partition coefficient (Wildman–Crippen LogP) is 3.16. The Morgan fingerprint density at radius 2 is 1.80 bits per heavy atom. The first kappa shape index (κ1) is 23.0. The van der Waals surface area contributed by atoms with Crippen LogP contribution in [0.25, 0.3) is 11.1 Å². The fraction of sp³-hybridized carbons (Fsp3) is 0.280. The molecule has 1 saturated heterocycles. The van der Waals surface area contributed by atoms with Gasteiger partial charge in [-0.1, -0.05) is 48.5 Å². The molecular formula is C25H23N3O6S. The number of carbonyl (C=O) groups is 3. The highest BCUT2D eigenvalue weighted by molar-refractivity contribution is 7.09. The number of ether oxygens (including phenoxy) is 2. The Morgan fingerprint density at radius 3 is 2.43 bits per heavy atom. The maximum Gasteiger partial charge on any atom is 0.407 e. The van der Waals surface area contributed by atoms with Crippen molar-refractivity contribution in [2.24, 2.45) is 0 Å². The molecule has 1 atom stereocenters. The number of amides is 2. The van der Waals surface area contributed by atoms with Gasteiger partial charge in [0.1, 0.15) is 17.3 Å². The van der Waals surface area contributed by atoms with Gasteiger partial charge in [0.05, 0.1) is 13.2 Å². The van der Waals surface area contributed by atoms with E-state index in [1.54, 1.807) is 0 Å². The van der Waals surface area contributed by atoms with E-state index >= 15 is 0 Å². The number of carboxylic acid groups (broad SMARTS) is 1. The Labute approximate surface area is 205 Å². The van der Waals surface area contributed by atoms with E-state index in [4.69, 9.17) is 9.47 Å². The standard InChI is InChI=1S/C25H23N3O6S/c29-22(28-25(23(30)31)9-10-33-14-25)20-13-35-21(27-20)11-26-24(32)34-12-19-17-7-3-1-5-15(17)16-6-2-4-8-18(16)19/h1-8,13,19H,9-12,14H2,(H,26,32)(H,28,29)(H,30,31). The van der Waals surface area contributed by atoms with Crippen LogP contribution in [0.1, 0.15) is 39.0 Å². The van der Waals surface area contributed by atoms with Gasteiger partial charge in [-0.2, -0.15) is 0 Å². The number of hydrogen-bond donors (Lipinski definition) is 3. The third kappa shape index (κ3) is 4.50. The summed E-state index contributed by atoms with van der Waals surface area (Å²) in [4.78, 5) is 40.7. The Balaban J connectivity index is 1.16. The van der Waals surface area contributed by atoms with Crippen molar-refractivity contribution in [3.8, 4) is 11.1 Å². The number of fused-ring (bicyclic) bond motifs is 3. The zero-order valence-electron chi connectivity index (χ0n) is 18.7. The van der Waals surface area contributed by atoms with E-state index in [0.29, 0.717) is 5.01 Å². The van der Waals surface area contributed by atoms with Gasteiger partial charge in [0.2, 0.25) is 0 Å². The number of aliphatic carboxylic acids is 1. The van der Waals surface area contributed by atoms with Gasteiger partial charge >= 0.3 is 12.1 Å². The van der Waals surface area contributed by atoms with Gasteiger partial charge in [0, 0.05) is 24.3 Å². The number of thiazole rings is 1. The predicted molar refractivity (Wildman–Crippen MR) is 127 cm³/mol. The molecule has 1 fully saturated rings. The SMILES string of the molecule is O=C(NCc1nc(C(=O)NC2(C(=O)O)CCOC2)cs1)OCC1c2ccccc2-c2ccccc21. The van der Waals surface area contributed by atoms with Crippen molar-refractivity contribution in [2.45, 2.75) is 24.4 Å². The van der Waals surface area contributed by atoms with E-state index in [1.807, 2.05) is 24.3 Å². The van der Waals surface area contributed by atoms with E-state index in [2.05, 4.69) is 39.9 Å². The summed E-state index contributed by atoms with van der Waals surface area (Å²) in [6, 6.07) is 16.2. The molecule has 1 aromatic heterocycles. The van der Waals surface area contributed by atoms with Crippen LogP contribution in [0.2, 0.25) is 0 Å². The molecule has 1 aliphatic carbocycles. The van der Waals surface area contributed by atoms with Crippen LogP contribution in [-0.2, 0) is 20.8 Å². The summed E-state index contributed by atoms with van der Waals surface area (Å²) in [5.41, 5.74) is 3.21. The molecule has 0 bridgehead atoms. The number of rotatable bonds is 7. The largest absolute Gasteiger partial charge is 0.479 e. The summed E-state index contributed by atoms with van der Waals surface area (Å²) in [7, 11) is 0. The summed E-state index contributed by atoms with van der Waals surface area (Å²) in [6.07, 6.45) is -0.394. The maximum absolute atomic E-state index is 12.5. The zero-order valence-corrected chi connectivity index (χ0v) is 19.5. The minimum Gasteiger partial charge on any atom is -0.479 e. The van der Waals surface area contributed by atoms with Crippen LogP contribution in [0.5, 0.6) is 0 Å². The second-order valence-electron chi connectivity index (χ2n) is 8.45. The highest BCUT2D eigenvalue weighted by Gasteiger charge is 2.44. The van der Waals surface area contributed by atoms with E-state index in [1.165, 1.54) is 16.7 Å². The molecule has 5 rings (SSSR count). The maximum atomic E-state index is 12.5. The minimum atomic E-state index is -1.44. The number of nitrogens with one attached hydrogen (secondary N) is 2. The Bertz CT molecular complexity index is 1240. The molecule has 0 radical (unpaired) electrons. The normalized spacial score (nSPS) is 18.5. The molecule has 3 N–H and O–H groups in total. The Kier molecular flexibility index (Phi) is 6.23. The quantitative estimate of drug-likeness (QED) is 0.461. The average Bonchev–Trinajstić information content (AvgIpc) is 3.60. The van der Waals surface area contributed by atoms with Crippen LogP contribution in [0.15, 0.2) is 53.9 Å². The van der Waals surface area contributed by atoms with Crippen LogP contribution >= 0.6 is 11.3 Å². The summed E-state index contributed by atoms with van der Waals surface area (Å²) in [6.45, 7) is 0.458. The highest BCUT2D eigenvalue weighted by Crippen LogP contribution is 2.44. The number of benzene rings is 2. The van der Waals surface area contributed by atoms with Gasteiger partial charge in [0.25, 0.3) is 5.91 Å². The summed E-state index contributed by atoms with van der Waals surface area (Å²) in [5, 5.41) is 16.7. The van der Waals surface area contributed by atoms with Crippen molar-refractivity contribution in [1.82, 2.24) is 15.6 Å². The number of aromatic nitrogens is 1. The van der Waals surface area contributed by atoms with Crippen LogP contribution in [0.3, 0.4) is 0 Å². The molecule has 0 saturated carbocycles. The van der Waals surface area contributed by atoms with Gasteiger partial charge < -0.3 is 25.2 Å². The number of nitrogens with zero attached hydrogens (tertiary/aromatic N) is 1. The van der Waals surface area contributed by atoms with Crippen LogP contribution in [0.4, 0.5) is 4.79 Å². The van der Waals surface area contributed by atoms with Crippen molar-refractivity contribution in [1.29, 1.82) is 0 Å². The molecule has 2 aromatic carbocycles. The fourth-order valence-corrected chi connectivity index (χ4v) is 5.17. The lowest BCUT2D eigenvalue weighted by molar-refractivity contribution is -0.144. The number of hydrogen-bond acceptors (Lipinski definition) is 7. The first-order valence-electron chi connectivity index (χ1n) is 11.1. The molecule has 1 aliphatic heterocycles. The first-order valence-corrected chi connectivity index (χ1v) is 12.0. The molecular weight excluding hydrogens is 470 g/mol. The molecule has 3 aromatic rings. The second-order valence-corrected chi connectivity index (χ2v) is 9.39. The third-order valence-electron chi connectivity index (χ3n) is 6.30. The van der Waals surface area contributed by atoms with Gasteiger partial charge in [-0.05, 0) is 22.3 Å². The van der Waals surface area contributed by atoms with Crippen molar-refractivity contribution in [3.05, 3.63) is 75.7 Å². The number of alkyl carbamates (subject to hydrolysis) is 1. The topological polar surface area (TPSA) is 127 Å². The summed E-state index contributed by atoms with van der Waals surface area (Å²) >= 11 is 1.19. The van der Waals surface area contributed by atoms with Crippen molar-refractivity contribution in [2.75, 3.05) is 19.8 Å². The molecule has 180 valence electrons. The first-order chi connectivity index (χ1) is 17.0. The summed E-state index contributed by atoms with van der Waals surface area (Å²) < 4.78 is 10.7. The van der Waals surface area contributed by atoms with E-state index in [9.17, 15) is 19.5 Å². The van der Waals surface area contributed by atoms with E-state index in [-0.39, 0.29) is 44.4 Å². The molecule has 2 heterocycles. The van der Waals surface area contributed by atoms with Gasteiger partial charge in [-0.15, -0.1) is 11.3 Å². The van der Waals surface area contributed by atoms with E-state index < -0.39 is 23.5 Å². The Hall–Kier alpha value is -3.76. The van der Waals surface area contributed by atoms with Crippen LogP contribution < -0.4 is 10.6 Å². The molecule has 1 unspecified atom stereocenters. The minimum absolute atomic E-state index is 0.0376. The number of carbonyl (C=O) groups excluding carboxylic acids is 2. The molecule has 10 heteroatoms. The molecule has 35 heavy (non-hydrogen) atoms. The molecule has 2 amide bonds. The monoisotopic (exact) mass is 493 g/mol. The van der Waals surface area contributed by atoms with E-state index in [0.717, 1.165) is 22.3 Å². The van der Waals surface area contributed by atoms with Crippen LogP contribution in [-0.4, -0.2) is 53.4 Å². The van der Waals surface area contributed by atoms with Gasteiger partial charge in [-0.3, -0.25) is 4.79 Å². The number of carboxylic acids is 1. The summed E-state index contributed by atoms with van der Waals surface area (Å²) in [5.74, 6) is -1.78. The Morgan fingerprint density at radius 1 is 1.11 bits per heavy atom. The zero-order chi connectivity index (χ0) is 24.4. The second kappa shape index (κ2) is 9.47. The lowest BCUT2D eigenvalue weighted by Crippen LogP contribution is -2.55. The molecule has 2 aliphatic rings. The molecule has 0 spiro atoms. The van der Waals surface area contributed by atoms with Crippen molar-refractivity contribution >= 4 is 29.3 Å². The fourth-order valence-electron chi connectivity index (χ4n) is 4.46. The van der Waals surface area contributed by atoms with Gasteiger partial charge in [-0.25, -0.2) is 14.6 Å². The van der Waals surface area contributed by atoms with Crippen molar-refractivity contribution in [3.63, 3.8) is 0 Å². The third-order valence-corrected chi connectivity index (χ3v) is 7.14. The lowest BCUT2D eigenvalue weighted by atomic mass is 9.98. The smallest absolute Gasteiger partial charge is 0.407 e. The van der Waals surface area contributed by atoms with Gasteiger partial charge in [0.15, 0.2) is 5.54 Å². The lowest BCUT2D eigenvalue weighted by Gasteiger charge is -2.22. The average molecular weight is 494 g/mol.